The van der Waals surface area contributed by atoms with Crippen molar-refractivity contribution >= 4 is 33.2 Å². The number of nitrogens with zero attached hydrogens (tertiary/aromatic N) is 2. The lowest BCUT2D eigenvalue weighted by Crippen LogP contribution is -2.46. The Morgan fingerprint density at radius 2 is 2.08 bits per heavy atom. The fraction of sp³-hybridized carbons (Fsp3) is 0.636. The molecule has 0 bridgehead atoms. The number of rotatable bonds is 10. The molecular weight excluding hydrogens is 537 g/mol. The second-order valence-corrected chi connectivity index (χ2v) is 11.6. The molecule has 0 saturated carbocycles. The van der Waals surface area contributed by atoms with Crippen molar-refractivity contribution in [2.24, 2.45) is 10.9 Å². The molecule has 1 unspecified atom stereocenters. The SMILES string of the molecule is CC(C)=NCC1C[C@H](n2cc(C#CCOCSSC(C)(C)NC(=O)C(F)(F)F)c(=O)[nH]c2=O)O[C@@H]1CO. The second kappa shape index (κ2) is 13.5. The molecule has 15 heteroatoms. The first-order chi connectivity index (χ1) is 17.2. The third-order valence-corrected chi connectivity index (χ3v) is 7.72. The number of aliphatic imine (C=N–C) groups is 1. The molecule has 206 valence electrons. The number of H-pyrrole nitrogens is 1. The van der Waals surface area contributed by atoms with E-state index in [-0.39, 0.29) is 30.6 Å². The van der Waals surface area contributed by atoms with E-state index in [1.165, 1.54) is 24.6 Å². The van der Waals surface area contributed by atoms with Crippen molar-refractivity contribution in [3.05, 3.63) is 32.6 Å². The quantitative estimate of drug-likeness (QED) is 0.129. The zero-order valence-electron chi connectivity index (χ0n) is 20.7. The number of nitrogens with one attached hydrogen (secondary N) is 2. The van der Waals surface area contributed by atoms with Crippen molar-refractivity contribution in [2.45, 2.75) is 57.5 Å². The number of aromatic nitrogens is 2. The van der Waals surface area contributed by atoms with Crippen LogP contribution in [-0.2, 0) is 14.3 Å². The molecule has 1 aliphatic heterocycles. The van der Waals surface area contributed by atoms with Gasteiger partial charge in [0.05, 0.1) is 17.6 Å². The maximum atomic E-state index is 12.4. The molecule has 10 nitrogen and oxygen atoms in total. The van der Waals surface area contributed by atoms with Gasteiger partial charge in [0.15, 0.2) is 0 Å². The van der Waals surface area contributed by atoms with E-state index in [1.807, 2.05) is 19.2 Å². The van der Waals surface area contributed by atoms with E-state index >= 15 is 0 Å². The molecule has 1 aromatic rings. The second-order valence-electron chi connectivity index (χ2n) is 8.74. The van der Waals surface area contributed by atoms with Crippen LogP contribution in [0.2, 0.25) is 0 Å². The largest absolute Gasteiger partial charge is 0.471 e. The lowest BCUT2D eigenvalue weighted by atomic mass is 10.0. The minimum Gasteiger partial charge on any atom is -0.394 e. The van der Waals surface area contributed by atoms with Gasteiger partial charge in [-0.05, 0) is 34.1 Å². The summed E-state index contributed by atoms with van der Waals surface area (Å²) in [4.78, 5) is 41.0. The number of carbonyl (C=O) groups excluding carboxylic acids is 1. The Kier molecular flexibility index (Phi) is 11.3. The summed E-state index contributed by atoms with van der Waals surface area (Å²) in [6.07, 6.45) is -4.47. The molecule has 0 aromatic carbocycles. The number of aromatic amines is 1. The fourth-order valence-corrected chi connectivity index (χ4v) is 5.21. The van der Waals surface area contributed by atoms with Gasteiger partial charge in [0.2, 0.25) is 0 Å². The van der Waals surface area contributed by atoms with Crippen LogP contribution in [0.4, 0.5) is 13.2 Å². The third-order valence-electron chi connectivity index (χ3n) is 4.93. The molecule has 2 heterocycles. The third kappa shape index (κ3) is 9.86. The van der Waals surface area contributed by atoms with Crippen molar-refractivity contribution < 1.29 is 32.5 Å². The smallest absolute Gasteiger partial charge is 0.394 e. The number of hydrogen-bond donors (Lipinski definition) is 3. The lowest BCUT2D eigenvalue weighted by Gasteiger charge is -2.25. The Balaban J connectivity index is 1.93. The van der Waals surface area contributed by atoms with Crippen molar-refractivity contribution in [3.8, 4) is 11.8 Å². The van der Waals surface area contributed by atoms with Gasteiger partial charge < -0.3 is 19.9 Å². The summed E-state index contributed by atoms with van der Waals surface area (Å²) < 4.78 is 49.5. The molecule has 3 atom stereocenters. The Morgan fingerprint density at radius 3 is 2.70 bits per heavy atom. The highest BCUT2D eigenvalue weighted by Gasteiger charge is 2.41. The molecule has 1 amide bonds. The van der Waals surface area contributed by atoms with Gasteiger partial charge in [-0.3, -0.25) is 24.1 Å². The predicted octanol–water partition coefficient (Wildman–Crippen LogP) is 2.03. The Morgan fingerprint density at radius 1 is 1.38 bits per heavy atom. The first-order valence-corrected chi connectivity index (χ1v) is 13.4. The van der Waals surface area contributed by atoms with Crippen LogP contribution in [0.15, 0.2) is 20.8 Å². The standard InChI is InChI=1S/C22H29F3N4O6S2/c1-13(2)26-9-15-8-17(35-16(15)11-30)29-10-14(18(31)27-20(29)33)6-5-7-34-12-36-37-21(3,4)28-19(32)22(23,24)25/h10,15-17,30H,7-9,11-12H2,1-4H3,(H,28,32)(H,27,31,33)/t15?,16-,17-/m1/s1. The number of aliphatic hydroxyl groups excluding tert-OH is 1. The highest BCUT2D eigenvalue weighted by molar-refractivity contribution is 8.77. The topological polar surface area (TPSA) is 135 Å². The van der Waals surface area contributed by atoms with Crippen LogP contribution in [0, 0.1) is 17.8 Å². The van der Waals surface area contributed by atoms with Crippen molar-refractivity contribution in [1.82, 2.24) is 14.9 Å². The Bertz CT molecular complexity index is 1150. The minimum absolute atomic E-state index is 0.0104. The number of ether oxygens (including phenoxy) is 2. The average molecular weight is 567 g/mol. The first-order valence-electron chi connectivity index (χ1n) is 11.1. The highest BCUT2D eigenvalue weighted by Crippen LogP contribution is 2.34. The average Bonchev–Trinajstić information content (AvgIpc) is 3.20. The summed E-state index contributed by atoms with van der Waals surface area (Å²) in [6, 6.07) is 0. The van der Waals surface area contributed by atoms with E-state index in [4.69, 9.17) is 9.47 Å². The summed E-state index contributed by atoms with van der Waals surface area (Å²) in [5, 5.41) is 11.5. The van der Waals surface area contributed by atoms with E-state index in [0.717, 1.165) is 27.3 Å². The summed E-state index contributed by atoms with van der Waals surface area (Å²) in [5.74, 6) is 3.19. The van der Waals surface area contributed by atoms with Gasteiger partial charge in [0, 0.05) is 24.4 Å². The van der Waals surface area contributed by atoms with Gasteiger partial charge in [-0.2, -0.15) is 13.2 Å². The van der Waals surface area contributed by atoms with Crippen LogP contribution in [0.3, 0.4) is 0 Å². The zero-order valence-corrected chi connectivity index (χ0v) is 22.3. The van der Waals surface area contributed by atoms with Crippen LogP contribution in [0.25, 0.3) is 0 Å². The summed E-state index contributed by atoms with van der Waals surface area (Å²) in [5.41, 5.74) is -0.454. The van der Waals surface area contributed by atoms with Crippen molar-refractivity contribution in [3.63, 3.8) is 0 Å². The summed E-state index contributed by atoms with van der Waals surface area (Å²) in [6.45, 7) is 6.68. The lowest BCUT2D eigenvalue weighted by molar-refractivity contribution is -0.174. The molecule has 0 aliphatic carbocycles. The minimum atomic E-state index is -4.97. The van der Waals surface area contributed by atoms with E-state index in [1.54, 1.807) is 0 Å². The van der Waals surface area contributed by atoms with E-state index in [0.29, 0.717) is 13.0 Å². The molecule has 1 aromatic heterocycles. The van der Waals surface area contributed by atoms with E-state index < -0.39 is 40.5 Å². The van der Waals surface area contributed by atoms with Gasteiger partial charge in [-0.15, -0.1) is 0 Å². The molecule has 0 spiro atoms. The van der Waals surface area contributed by atoms with Crippen LogP contribution in [-0.4, -0.2) is 69.1 Å². The molecule has 1 saturated heterocycles. The number of amides is 1. The van der Waals surface area contributed by atoms with Crippen LogP contribution < -0.4 is 16.6 Å². The highest BCUT2D eigenvalue weighted by atomic mass is 33.1. The predicted molar refractivity (Wildman–Crippen MR) is 135 cm³/mol. The molecule has 0 radical (unpaired) electrons. The summed E-state index contributed by atoms with van der Waals surface area (Å²) >= 11 is 0. The number of hydrogen-bond acceptors (Lipinski definition) is 9. The van der Waals surface area contributed by atoms with Crippen molar-refractivity contribution in [2.75, 3.05) is 25.7 Å². The van der Waals surface area contributed by atoms with Crippen LogP contribution >= 0.6 is 21.6 Å². The Labute approximate surface area is 219 Å². The maximum absolute atomic E-state index is 12.4. The van der Waals surface area contributed by atoms with Gasteiger partial charge in [0.1, 0.15) is 24.3 Å². The number of halogens is 3. The monoisotopic (exact) mass is 566 g/mol. The first kappa shape index (κ1) is 31.0. The van der Waals surface area contributed by atoms with Gasteiger partial charge in [0.25, 0.3) is 5.56 Å². The molecule has 37 heavy (non-hydrogen) atoms. The van der Waals surface area contributed by atoms with Gasteiger partial charge >= 0.3 is 17.8 Å². The van der Waals surface area contributed by atoms with E-state index in [2.05, 4.69) is 21.8 Å². The number of carbonyl (C=O) groups is 1. The molecule has 3 N–H and O–H groups in total. The molecule has 2 rings (SSSR count). The maximum Gasteiger partial charge on any atom is 0.471 e. The number of alkyl halides is 3. The number of aliphatic hydroxyl groups is 1. The summed E-state index contributed by atoms with van der Waals surface area (Å²) in [7, 11) is 2.06. The van der Waals surface area contributed by atoms with Crippen LogP contribution in [0.1, 0.15) is 45.9 Å². The zero-order chi connectivity index (χ0) is 27.8. The van der Waals surface area contributed by atoms with Crippen molar-refractivity contribution in [1.29, 1.82) is 0 Å². The molecule has 1 aliphatic rings. The van der Waals surface area contributed by atoms with Crippen LogP contribution in [0.5, 0.6) is 0 Å². The molecular formula is C22H29F3N4O6S2. The molecule has 1 fully saturated rings. The fourth-order valence-electron chi connectivity index (χ4n) is 3.23. The van der Waals surface area contributed by atoms with Gasteiger partial charge in [-0.25, -0.2) is 4.79 Å². The normalized spacial score (nSPS) is 19.7. The van der Waals surface area contributed by atoms with E-state index in [9.17, 15) is 32.7 Å². The Hall–Kier alpha value is -2.25. The van der Waals surface area contributed by atoms with Gasteiger partial charge in [-0.1, -0.05) is 33.4 Å².